The van der Waals surface area contributed by atoms with Crippen LogP contribution in [0.25, 0.3) is 0 Å². The van der Waals surface area contributed by atoms with Crippen molar-refractivity contribution in [1.82, 2.24) is 4.90 Å². The van der Waals surface area contributed by atoms with E-state index in [1.807, 2.05) is 6.92 Å². The molecule has 124 valence electrons. The average Bonchev–Trinajstić information content (AvgIpc) is 3.07. The minimum Gasteiger partial charge on any atom is -0.493 e. The summed E-state index contributed by atoms with van der Waals surface area (Å²) in [6.07, 6.45) is 5.08. The van der Waals surface area contributed by atoms with Crippen LogP contribution >= 0.6 is 0 Å². The fourth-order valence-electron chi connectivity index (χ4n) is 2.76. The van der Waals surface area contributed by atoms with Crippen LogP contribution < -0.4 is 9.47 Å². The highest BCUT2D eigenvalue weighted by Crippen LogP contribution is 2.32. The number of hydrogen-bond acceptors (Lipinski definition) is 4. The fraction of sp³-hybridized carbons (Fsp3) is 0.556. The van der Waals surface area contributed by atoms with Crippen LogP contribution in [0.3, 0.4) is 0 Å². The monoisotopic (exact) mass is 316 g/mol. The molecule has 1 amide bonds. The predicted molar refractivity (Wildman–Crippen MR) is 87.7 cm³/mol. The molecule has 0 spiro atoms. The summed E-state index contributed by atoms with van der Waals surface area (Å²) in [5.41, 5.74) is 0.535. The van der Waals surface area contributed by atoms with Crippen molar-refractivity contribution in [2.45, 2.75) is 51.2 Å². The Morgan fingerprint density at radius 2 is 2.09 bits per heavy atom. The van der Waals surface area contributed by atoms with Crippen LogP contribution in [-0.4, -0.2) is 37.1 Å². The zero-order valence-electron chi connectivity index (χ0n) is 14.0. The number of benzene rings is 1. The van der Waals surface area contributed by atoms with Crippen molar-refractivity contribution < 1.29 is 14.3 Å². The fourth-order valence-corrected chi connectivity index (χ4v) is 2.76. The smallest absolute Gasteiger partial charge is 0.254 e. The molecular formula is C18H24N2O3. The number of amides is 1. The van der Waals surface area contributed by atoms with E-state index in [0.717, 1.165) is 12.8 Å². The number of ether oxygens (including phenoxy) is 2. The Kier molecular flexibility index (Phi) is 5.86. The minimum absolute atomic E-state index is 0.126. The van der Waals surface area contributed by atoms with Crippen molar-refractivity contribution in [2.75, 3.05) is 14.2 Å². The van der Waals surface area contributed by atoms with E-state index in [4.69, 9.17) is 14.7 Å². The summed E-state index contributed by atoms with van der Waals surface area (Å²) in [6, 6.07) is 7.22. The van der Waals surface area contributed by atoms with Crippen LogP contribution in [0.15, 0.2) is 18.2 Å². The maximum atomic E-state index is 12.5. The van der Waals surface area contributed by atoms with Crippen LogP contribution in [0.5, 0.6) is 11.5 Å². The average molecular weight is 316 g/mol. The first-order valence-electron chi connectivity index (χ1n) is 8.05. The number of methoxy groups -OCH3 is 1. The number of carbonyl (C=O) groups is 1. The molecule has 1 atom stereocenters. The van der Waals surface area contributed by atoms with Crippen LogP contribution in [0.1, 0.15) is 49.4 Å². The first kappa shape index (κ1) is 17.1. The van der Waals surface area contributed by atoms with Crippen molar-refractivity contribution >= 4 is 5.91 Å². The lowest BCUT2D eigenvalue weighted by molar-refractivity contribution is 0.0745. The molecule has 0 unspecified atom stereocenters. The van der Waals surface area contributed by atoms with Crippen molar-refractivity contribution in [3.05, 3.63) is 23.8 Å². The Hall–Kier alpha value is -2.22. The van der Waals surface area contributed by atoms with Gasteiger partial charge in [0.05, 0.1) is 25.7 Å². The molecule has 1 aromatic rings. The van der Waals surface area contributed by atoms with Gasteiger partial charge < -0.3 is 14.4 Å². The highest BCUT2D eigenvalue weighted by molar-refractivity contribution is 5.95. The largest absolute Gasteiger partial charge is 0.493 e. The van der Waals surface area contributed by atoms with Crippen molar-refractivity contribution in [2.24, 2.45) is 0 Å². The number of carbonyl (C=O) groups excluding carboxylic acids is 1. The molecule has 1 saturated carbocycles. The van der Waals surface area contributed by atoms with E-state index in [9.17, 15) is 4.79 Å². The van der Waals surface area contributed by atoms with E-state index in [0.29, 0.717) is 23.5 Å². The standard InChI is InChI=1S/C18H24N2O3/c1-13(10-11-19)20(2)18(21)14-8-9-16(17(12-14)22-3)23-15-6-4-5-7-15/h8-9,12-13,15H,4-7,10H2,1-3H3/t13-/m1/s1. The summed E-state index contributed by atoms with van der Waals surface area (Å²) >= 11 is 0. The third-order valence-corrected chi connectivity index (χ3v) is 4.37. The summed E-state index contributed by atoms with van der Waals surface area (Å²) in [5.74, 6) is 1.13. The normalized spacial score (nSPS) is 15.7. The van der Waals surface area contributed by atoms with Crippen molar-refractivity contribution in [1.29, 1.82) is 5.26 Å². The summed E-state index contributed by atoms with van der Waals surface area (Å²) in [7, 11) is 3.28. The lowest BCUT2D eigenvalue weighted by atomic mass is 10.1. The maximum Gasteiger partial charge on any atom is 0.254 e. The highest BCUT2D eigenvalue weighted by atomic mass is 16.5. The number of rotatable bonds is 6. The Labute approximate surface area is 137 Å². The molecule has 1 fully saturated rings. The molecule has 0 N–H and O–H groups in total. The first-order chi connectivity index (χ1) is 11.1. The zero-order chi connectivity index (χ0) is 16.8. The Balaban J connectivity index is 2.14. The zero-order valence-corrected chi connectivity index (χ0v) is 14.0. The predicted octanol–water partition coefficient (Wildman–Crippen LogP) is 3.39. The van der Waals surface area contributed by atoms with Gasteiger partial charge in [0, 0.05) is 18.7 Å². The quantitative estimate of drug-likeness (QED) is 0.807. The van der Waals surface area contributed by atoms with E-state index in [1.54, 1.807) is 37.3 Å². The van der Waals surface area contributed by atoms with E-state index in [2.05, 4.69) is 6.07 Å². The van der Waals surface area contributed by atoms with Crippen LogP contribution in [-0.2, 0) is 0 Å². The minimum atomic E-state index is -0.132. The van der Waals surface area contributed by atoms with Gasteiger partial charge in [0.1, 0.15) is 0 Å². The van der Waals surface area contributed by atoms with Gasteiger partial charge in [0.15, 0.2) is 11.5 Å². The van der Waals surface area contributed by atoms with Gasteiger partial charge in [-0.1, -0.05) is 0 Å². The molecule has 23 heavy (non-hydrogen) atoms. The van der Waals surface area contributed by atoms with Crippen LogP contribution in [0.2, 0.25) is 0 Å². The second-order valence-corrected chi connectivity index (χ2v) is 6.02. The molecule has 0 saturated heterocycles. The van der Waals surface area contributed by atoms with Gasteiger partial charge in [-0.25, -0.2) is 0 Å². The van der Waals surface area contributed by atoms with E-state index in [1.165, 1.54) is 12.8 Å². The van der Waals surface area contributed by atoms with Gasteiger partial charge in [-0.2, -0.15) is 5.26 Å². The second kappa shape index (κ2) is 7.87. The Bertz CT molecular complexity index is 588. The molecule has 0 radical (unpaired) electrons. The molecule has 0 aromatic heterocycles. The molecule has 1 aliphatic rings. The third kappa shape index (κ3) is 4.16. The highest BCUT2D eigenvalue weighted by Gasteiger charge is 2.21. The van der Waals surface area contributed by atoms with E-state index in [-0.39, 0.29) is 18.1 Å². The van der Waals surface area contributed by atoms with E-state index >= 15 is 0 Å². The van der Waals surface area contributed by atoms with Crippen LogP contribution in [0.4, 0.5) is 0 Å². The summed E-state index contributed by atoms with van der Waals surface area (Å²) in [5, 5.41) is 8.77. The number of hydrogen-bond donors (Lipinski definition) is 0. The molecule has 5 nitrogen and oxygen atoms in total. The maximum absolute atomic E-state index is 12.5. The van der Waals surface area contributed by atoms with E-state index < -0.39 is 0 Å². The molecule has 0 aliphatic heterocycles. The Morgan fingerprint density at radius 1 is 1.39 bits per heavy atom. The number of nitrogens with zero attached hydrogens (tertiary/aromatic N) is 2. The van der Waals surface area contributed by atoms with Gasteiger partial charge in [-0.05, 0) is 50.8 Å². The lowest BCUT2D eigenvalue weighted by Crippen LogP contribution is -2.34. The van der Waals surface area contributed by atoms with Crippen molar-refractivity contribution in [3.63, 3.8) is 0 Å². The summed E-state index contributed by atoms with van der Waals surface area (Å²) < 4.78 is 11.4. The van der Waals surface area contributed by atoms with Gasteiger partial charge in [0.25, 0.3) is 5.91 Å². The molecule has 5 heteroatoms. The summed E-state index contributed by atoms with van der Waals surface area (Å²) in [4.78, 5) is 14.1. The molecule has 1 aromatic carbocycles. The van der Waals surface area contributed by atoms with Gasteiger partial charge in [-0.15, -0.1) is 0 Å². The molecule has 1 aliphatic carbocycles. The molecule has 0 bridgehead atoms. The molecule has 0 heterocycles. The molecule has 2 rings (SSSR count). The Morgan fingerprint density at radius 3 is 2.70 bits per heavy atom. The topological polar surface area (TPSA) is 62.6 Å². The third-order valence-electron chi connectivity index (χ3n) is 4.37. The second-order valence-electron chi connectivity index (χ2n) is 6.02. The van der Waals surface area contributed by atoms with Gasteiger partial charge in [0.2, 0.25) is 0 Å². The lowest BCUT2D eigenvalue weighted by Gasteiger charge is -2.23. The SMILES string of the molecule is COc1cc(C(=O)N(C)[C@H](C)CC#N)ccc1OC1CCCC1. The molecular weight excluding hydrogens is 292 g/mol. The first-order valence-corrected chi connectivity index (χ1v) is 8.05. The van der Waals surface area contributed by atoms with Gasteiger partial charge in [-0.3, -0.25) is 4.79 Å². The number of nitriles is 1. The van der Waals surface area contributed by atoms with Crippen LogP contribution in [0, 0.1) is 11.3 Å². The van der Waals surface area contributed by atoms with Gasteiger partial charge >= 0.3 is 0 Å². The van der Waals surface area contributed by atoms with Crippen molar-refractivity contribution in [3.8, 4) is 17.6 Å². The summed E-state index contributed by atoms with van der Waals surface area (Å²) in [6.45, 7) is 1.86.